The van der Waals surface area contributed by atoms with Crippen molar-refractivity contribution in [2.45, 2.75) is 39.8 Å². The largest absolute Gasteiger partial charge is 0.392 e. The number of benzene rings is 1. The lowest BCUT2D eigenvalue weighted by atomic mass is 9.89. The Morgan fingerprint density at radius 1 is 1.17 bits per heavy atom. The Morgan fingerprint density at radius 2 is 1.72 bits per heavy atom. The fourth-order valence-corrected chi connectivity index (χ4v) is 1.88. The number of rotatable bonds is 5. The van der Waals surface area contributed by atoms with Gasteiger partial charge in [0.2, 0.25) is 0 Å². The first-order valence-electron chi connectivity index (χ1n) is 6.10. The predicted molar refractivity (Wildman–Crippen MR) is 68.1 cm³/mol. The van der Waals surface area contributed by atoms with Gasteiger partial charge >= 0.3 is 0 Å². The predicted octanol–water partition coefficient (Wildman–Crippen LogP) is 2.85. The van der Waals surface area contributed by atoms with Crippen LogP contribution in [0.5, 0.6) is 0 Å². The summed E-state index contributed by atoms with van der Waals surface area (Å²) in [5, 5.41) is 12.8. The summed E-state index contributed by atoms with van der Waals surface area (Å²) in [6.45, 7) is 6.92. The Morgan fingerprint density at radius 3 is 2.22 bits per heavy atom. The Kier molecular flexibility index (Phi) is 5.23. The summed E-state index contributed by atoms with van der Waals surface area (Å²) >= 11 is 0. The molecule has 1 atom stereocenters. The molecular formula is C14H21F2NO. The summed E-state index contributed by atoms with van der Waals surface area (Å²) in [7, 11) is 0. The molecule has 1 aromatic carbocycles. The van der Waals surface area contributed by atoms with Crippen molar-refractivity contribution in [2.24, 2.45) is 5.41 Å². The Labute approximate surface area is 107 Å². The van der Waals surface area contributed by atoms with Crippen molar-refractivity contribution in [1.29, 1.82) is 0 Å². The van der Waals surface area contributed by atoms with E-state index in [0.717, 1.165) is 6.07 Å². The zero-order valence-electron chi connectivity index (χ0n) is 11.1. The van der Waals surface area contributed by atoms with Crippen LogP contribution >= 0.6 is 0 Å². The number of nitrogens with one attached hydrogen (secondary N) is 1. The molecule has 2 N–H and O–H groups in total. The highest BCUT2D eigenvalue weighted by atomic mass is 19.1. The first kappa shape index (κ1) is 15.1. The van der Waals surface area contributed by atoms with E-state index in [4.69, 9.17) is 0 Å². The van der Waals surface area contributed by atoms with Gasteiger partial charge in [-0.05, 0) is 29.5 Å². The quantitative estimate of drug-likeness (QED) is 0.850. The first-order valence-corrected chi connectivity index (χ1v) is 6.10. The van der Waals surface area contributed by atoms with E-state index < -0.39 is 17.7 Å². The molecule has 1 rings (SSSR count). The van der Waals surface area contributed by atoms with Crippen molar-refractivity contribution in [3.63, 3.8) is 0 Å². The molecule has 0 fully saturated rings. The van der Waals surface area contributed by atoms with Crippen LogP contribution in [0.3, 0.4) is 0 Å². The fraction of sp³-hybridized carbons (Fsp3) is 0.571. The number of aliphatic hydroxyl groups excluding tert-OH is 1. The molecule has 1 unspecified atom stereocenters. The van der Waals surface area contributed by atoms with Crippen LogP contribution in [0.15, 0.2) is 18.2 Å². The highest BCUT2D eigenvalue weighted by molar-refractivity contribution is 5.17. The van der Waals surface area contributed by atoms with Crippen molar-refractivity contribution >= 4 is 0 Å². The van der Waals surface area contributed by atoms with Gasteiger partial charge in [0.25, 0.3) is 0 Å². The Bertz CT molecular complexity index is 368. The van der Waals surface area contributed by atoms with Gasteiger partial charge in [0, 0.05) is 19.2 Å². The van der Waals surface area contributed by atoms with Gasteiger partial charge in [-0.1, -0.05) is 20.8 Å². The van der Waals surface area contributed by atoms with Crippen molar-refractivity contribution in [3.8, 4) is 0 Å². The third-order valence-corrected chi connectivity index (χ3v) is 2.48. The average Bonchev–Trinajstić information content (AvgIpc) is 2.12. The highest BCUT2D eigenvalue weighted by Gasteiger charge is 2.16. The van der Waals surface area contributed by atoms with Gasteiger partial charge in [-0.15, -0.1) is 0 Å². The molecule has 0 spiro atoms. The number of halogens is 2. The van der Waals surface area contributed by atoms with Gasteiger partial charge in [0.15, 0.2) is 0 Å². The summed E-state index contributed by atoms with van der Waals surface area (Å²) in [6.07, 6.45) is 0.223. The van der Waals surface area contributed by atoms with E-state index in [1.807, 2.05) is 0 Å². The molecule has 2 nitrogen and oxygen atoms in total. The van der Waals surface area contributed by atoms with E-state index in [1.165, 1.54) is 12.1 Å². The van der Waals surface area contributed by atoms with E-state index in [2.05, 4.69) is 26.1 Å². The average molecular weight is 257 g/mol. The molecule has 0 saturated heterocycles. The zero-order chi connectivity index (χ0) is 13.8. The monoisotopic (exact) mass is 257 g/mol. The second-order valence-corrected chi connectivity index (χ2v) is 5.83. The van der Waals surface area contributed by atoms with E-state index in [9.17, 15) is 13.9 Å². The van der Waals surface area contributed by atoms with Crippen LogP contribution in [-0.4, -0.2) is 17.8 Å². The third-order valence-electron chi connectivity index (χ3n) is 2.48. The molecule has 0 bridgehead atoms. The van der Waals surface area contributed by atoms with Crippen molar-refractivity contribution in [1.82, 2.24) is 5.32 Å². The highest BCUT2D eigenvalue weighted by Crippen LogP contribution is 2.20. The molecule has 0 aliphatic heterocycles. The Hall–Kier alpha value is -1.00. The second-order valence-electron chi connectivity index (χ2n) is 5.83. The van der Waals surface area contributed by atoms with Crippen LogP contribution in [0.4, 0.5) is 8.78 Å². The van der Waals surface area contributed by atoms with Crippen LogP contribution in [0, 0.1) is 17.0 Å². The van der Waals surface area contributed by atoms with E-state index in [0.29, 0.717) is 25.1 Å². The summed E-state index contributed by atoms with van der Waals surface area (Å²) in [4.78, 5) is 0. The van der Waals surface area contributed by atoms with Crippen LogP contribution in [0.2, 0.25) is 0 Å². The minimum atomic E-state index is -0.581. The summed E-state index contributed by atoms with van der Waals surface area (Å²) in [6, 6.07) is 3.41. The van der Waals surface area contributed by atoms with Crippen LogP contribution in [-0.2, 0) is 6.54 Å². The van der Waals surface area contributed by atoms with Crippen LogP contribution in [0.1, 0.15) is 32.8 Å². The lowest BCUT2D eigenvalue weighted by Crippen LogP contribution is -2.29. The maximum Gasteiger partial charge on any atom is 0.126 e. The lowest BCUT2D eigenvalue weighted by molar-refractivity contribution is 0.119. The summed E-state index contributed by atoms with van der Waals surface area (Å²) < 4.78 is 25.8. The minimum Gasteiger partial charge on any atom is -0.392 e. The summed E-state index contributed by atoms with van der Waals surface area (Å²) in [5.41, 5.74) is 0.599. The van der Waals surface area contributed by atoms with Gasteiger partial charge in [-0.25, -0.2) is 8.78 Å². The Balaban J connectivity index is 2.37. The molecule has 4 heteroatoms. The fourth-order valence-electron chi connectivity index (χ4n) is 1.88. The van der Waals surface area contributed by atoms with Crippen LogP contribution in [0.25, 0.3) is 0 Å². The van der Waals surface area contributed by atoms with Gasteiger partial charge in [-0.2, -0.15) is 0 Å². The van der Waals surface area contributed by atoms with Gasteiger partial charge < -0.3 is 10.4 Å². The number of hydrogen-bond donors (Lipinski definition) is 2. The molecule has 0 amide bonds. The third kappa shape index (κ3) is 6.07. The maximum absolute atomic E-state index is 12.9. The molecule has 0 radical (unpaired) electrons. The SMILES string of the molecule is CC(C)(C)CC(O)CNCc1cc(F)cc(F)c1. The van der Waals surface area contributed by atoms with E-state index in [1.54, 1.807) is 0 Å². The zero-order valence-corrected chi connectivity index (χ0v) is 11.1. The molecule has 1 aromatic rings. The van der Waals surface area contributed by atoms with Crippen molar-refractivity contribution in [3.05, 3.63) is 35.4 Å². The van der Waals surface area contributed by atoms with E-state index in [-0.39, 0.29) is 5.41 Å². The number of hydrogen-bond acceptors (Lipinski definition) is 2. The summed E-state index contributed by atoms with van der Waals surface area (Å²) in [5.74, 6) is -1.16. The molecule has 0 heterocycles. The van der Waals surface area contributed by atoms with E-state index >= 15 is 0 Å². The molecule has 0 aliphatic rings. The molecular weight excluding hydrogens is 236 g/mol. The smallest absolute Gasteiger partial charge is 0.126 e. The topological polar surface area (TPSA) is 32.3 Å². The second kappa shape index (κ2) is 6.25. The lowest BCUT2D eigenvalue weighted by Gasteiger charge is -2.22. The molecule has 102 valence electrons. The maximum atomic E-state index is 12.9. The molecule has 0 aromatic heterocycles. The van der Waals surface area contributed by atoms with Gasteiger partial charge in [0.05, 0.1) is 6.10 Å². The van der Waals surface area contributed by atoms with Gasteiger partial charge in [0.1, 0.15) is 11.6 Å². The van der Waals surface area contributed by atoms with Crippen molar-refractivity contribution < 1.29 is 13.9 Å². The molecule has 18 heavy (non-hydrogen) atoms. The number of aliphatic hydroxyl groups is 1. The minimum absolute atomic E-state index is 0.0616. The van der Waals surface area contributed by atoms with Crippen molar-refractivity contribution in [2.75, 3.05) is 6.54 Å². The normalized spacial score (nSPS) is 13.7. The first-order chi connectivity index (χ1) is 8.26. The molecule has 0 saturated carbocycles. The van der Waals surface area contributed by atoms with Crippen LogP contribution < -0.4 is 5.32 Å². The van der Waals surface area contributed by atoms with Gasteiger partial charge in [-0.3, -0.25) is 0 Å². The standard InChI is InChI=1S/C14H21F2NO/c1-14(2,3)7-13(18)9-17-8-10-4-11(15)6-12(16)5-10/h4-6,13,17-18H,7-9H2,1-3H3. The molecule has 0 aliphatic carbocycles.